The van der Waals surface area contributed by atoms with Crippen molar-refractivity contribution in [2.75, 3.05) is 11.8 Å². The number of hydrogen-bond donors (Lipinski definition) is 1. The highest BCUT2D eigenvalue weighted by Crippen LogP contribution is 2.27. The zero-order valence-corrected chi connectivity index (χ0v) is 12.9. The number of aryl methyl sites for hydroxylation is 1. The summed E-state index contributed by atoms with van der Waals surface area (Å²) in [6, 6.07) is 1.84. The summed E-state index contributed by atoms with van der Waals surface area (Å²) >= 11 is 16.3. The molecule has 0 atom stereocenters. The van der Waals surface area contributed by atoms with Crippen LogP contribution in [0.15, 0.2) is 9.85 Å². The molecule has 0 aliphatic carbocycles. The van der Waals surface area contributed by atoms with Gasteiger partial charge in [0, 0.05) is 11.8 Å². The van der Waals surface area contributed by atoms with Gasteiger partial charge in [0.05, 0.1) is 14.2 Å². The van der Waals surface area contributed by atoms with Crippen LogP contribution in [0.3, 0.4) is 0 Å². The third-order valence-electron chi connectivity index (χ3n) is 2.09. The first-order valence-electron chi connectivity index (χ1n) is 4.62. The minimum absolute atomic E-state index is 0.136. The molecule has 1 aromatic rings. The lowest BCUT2D eigenvalue weighted by molar-refractivity contribution is 0.0925. The van der Waals surface area contributed by atoms with Crippen molar-refractivity contribution in [1.82, 2.24) is 5.32 Å². The summed E-state index contributed by atoms with van der Waals surface area (Å²) in [5, 5.41) is 2.84. The molecule has 2 nitrogen and oxygen atoms in total. The Labute approximate surface area is 117 Å². The fraction of sp³-hybridized carbons (Fsp3) is 0.500. The van der Waals surface area contributed by atoms with Crippen LogP contribution in [0.5, 0.6) is 0 Å². The number of carbonyl (C=O) groups is 1. The van der Waals surface area contributed by atoms with Crippen LogP contribution in [0.1, 0.15) is 22.2 Å². The lowest BCUT2D eigenvalue weighted by atomic mass is 10.1. The Balaban J connectivity index is 2.80. The summed E-state index contributed by atoms with van der Waals surface area (Å²) in [6.45, 7) is 3.76. The number of amides is 1. The Kier molecular flexibility index (Phi) is 5.10. The van der Waals surface area contributed by atoms with E-state index >= 15 is 0 Å². The first-order valence-corrected chi connectivity index (χ1v) is 7.30. The molecule has 1 rings (SSSR count). The van der Waals surface area contributed by atoms with E-state index in [1.807, 2.05) is 19.9 Å². The van der Waals surface area contributed by atoms with Gasteiger partial charge in [-0.2, -0.15) is 0 Å². The quantitative estimate of drug-likeness (QED) is 0.827. The van der Waals surface area contributed by atoms with E-state index < -0.39 is 5.54 Å². The number of carbonyl (C=O) groups excluding carboxylic acids is 1. The lowest BCUT2D eigenvalue weighted by Gasteiger charge is -2.25. The van der Waals surface area contributed by atoms with E-state index in [9.17, 15) is 4.79 Å². The standard InChI is InChI=1S/C10H12BrCl2NOS/c1-6-3-7(16-8(6)11)9(15)14-10(2,4-12)5-13/h3H,4-5H2,1-2H3,(H,14,15). The van der Waals surface area contributed by atoms with E-state index in [1.165, 1.54) is 11.3 Å². The summed E-state index contributed by atoms with van der Waals surface area (Å²) < 4.78 is 0.969. The topological polar surface area (TPSA) is 29.1 Å². The molecule has 0 radical (unpaired) electrons. The third kappa shape index (κ3) is 3.36. The fourth-order valence-corrected chi connectivity index (χ4v) is 2.86. The molecule has 0 bridgehead atoms. The summed E-state index contributed by atoms with van der Waals surface area (Å²) in [5.74, 6) is 0.434. The van der Waals surface area contributed by atoms with Crippen LogP contribution in [0.25, 0.3) is 0 Å². The molecule has 1 aromatic heterocycles. The maximum atomic E-state index is 11.9. The van der Waals surface area contributed by atoms with Crippen molar-refractivity contribution in [3.63, 3.8) is 0 Å². The average molecular weight is 345 g/mol. The van der Waals surface area contributed by atoms with Crippen molar-refractivity contribution in [3.8, 4) is 0 Å². The van der Waals surface area contributed by atoms with Crippen LogP contribution >= 0.6 is 50.5 Å². The van der Waals surface area contributed by atoms with Crippen molar-refractivity contribution in [1.29, 1.82) is 0 Å². The van der Waals surface area contributed by atoms with Crippen LogP contribution < -0.4 is 5.32 Å². The highest BCUT2D eigenvalue weighted by molar-refractivity contribution is 9.11. The second-order valence-corrected chi connectivity index (χ2v) is 6.75. The SMILES string of the molecule is Cc1cc(C(=O)NC(C)(CCl)CCl)sc1Br. The van der Waals surface area contributed by atoms with Crippen molar-refractivity contribution in [3.05, 3.63) is 20.3 Å². The largest absolute Gasteiger partial charge is 0.344 e. The molecule has 0 fully saturated rings. The van der Waals surface area contributed by atoms with Crippen molar-refractivity contribution in [2.45, 2.75) is 19.4 Å². The highest BCUT2D eigenvalue weighted by atomic mass is 79.9. The van der Waals surface area contributed by atoms with E-state index in [1.54, 1.807) is 0 Å². The Hall–Kier alpha value is 0.230. The number of hydrogen-bond acceptors (Lipinski definition) is 2. The minimum atomic E-state index is -0.565. The molecule has 0 aliphatic rings. The monoisotopic (exact) mass is 343 g/mol. The first-order chi connectivity index (χ1) is 7.41. The van der Waals surface area contributed by atoms with Gasteiger partial charge in [-0.25, -0.2) is 0 Å². The molecule has 16 heavy (non-hydrogen) atoms. The van der Waals surface area contributed by atoms with E-state index in [-0.39, 0.29) is 17.7 Å². The molecule has 0 unspecified atom stereocenters. The maximum absolute atomic E-state index is 11.9. The summed E-state index contributed by atoms with van der Waals surface area (Å²) in [6.07, 6.45) is 0. The van der Waals surface area contributed by atoms with E-state index in [0.29, 0.717) is 4.88 Å². The number of nitrogens with one attached hydrogen (secondary N) is 1. The predicted octanol–water partition coefficient (Wildman–Crippen LogP) is 3.79. The molecular formula is C10H12BrCl2NOS. The molecule has 0 aromatic carbocycles. The Morgan fingerprint density at radius 1 is 1.56 bits per heavy atom. The Bertz CT molecular complexity index is 371. The second kappa shape index (κ2) is 5.71. The molecule has 1 heterocycles. The number of halogens is 3. The van der Waals surface area contributed by atoms with Gasteiger partial charge in [0.2, 0.25) is 0 Å². The molecule has 0 aliphatic heterocycles. The maximum Gasteiger partial charge on any atom is 0.261 e. The lowest BCUT2D eigenvalue weighted by Crippen LogP contribution is -2.49. The molecule has 0 spiro atoms. The zero-order valence-electron chi connectivity index (χ0n) is 8.94. The first kappa shape index (κ1) is 14.3. The summed E-state index contributed by atoms with van der Waals surface area (Å²) in [5.41, 5.74) is 0.485. The summed E-state index contributed by atoms with van der Waals surface area (Å²) in [4.78, 5) is 12.6. The van der Waals surface area contributed by atoms with Crippen LogP contribution in [0.4, 0.5) is 0 Å². The Morgan fingerprint density at radius 2 is 2.12 bits per heavy atom. The van der Waals surface area contributed by atoms with Gasteiger partial charge in [0.25, 0.3) is 5.91 Å². The predicted molar refractivity (Wildman–Crippen MR) is 74.1 cm³/mol. The third-order valence-corrected chi connectivity index (χ3v) is 5.40. The van der Waals surface area contributed by atoms with Gasteiger partial charge in [-0.3, -0.25) is 4.79 Å². The molecule has 1 N–H and O–H groups in total. The van der Waals surface area contributed by atoms with Gasteiger partial charge >= 0.3 is 0 Å². The van der Waals surface area contributed by atoms with Gasteiger partial charge in [-0.05, 0) is 41.4 Å². The van der Waals surface area contributed by atoms with Gasteiger partial charge in [0.1, 0.15) is 0 Å². The van der Waals surface area contributed by atoms with Crippen LogP contribution in [0.2, 0.25) is 0 Å². The zero-order chi connectivity index (χ0) is 12.3. The number of alkyl halides is 2. The van der Waals surface area contributed by atoms with E-state index in [2.05, 4.69) is 21.2 Å². The van der Waals surface area contributed by atoms with Crippen LogP contribution in [0, 0.1) is 6.92 Å². The fourth-order valence-electron chi connectivity index (χ4n) is 1.01. The molecule has 6 heteroatoms. The number of rotatable bonds is 4. The summed E-state index contributed by atoms with van der Waals surface area (Å²) in [7, 11) is 0. The molecular weight excluding hydrogens is 333 g/mol. The molecule has 90 valence electrons. The van der Waals surface area contributed by atoms with Gasteiger partial charge in [-0.1, -0.05) is 0 Å². The van der Waals surface area contributed by atoms with E-state index in [0.717, 1.165) is 9.35 Å². The number of thiophene rings is 1. The average Bonchev–Trinajstić information content (AvgIpc) is 2.59. The van der Waals surface area contributed by atoms with Crippen molar-refractivity contribution in [2.24, 2.45) is 0 Å². The smallest absolute Gasteiger partial charge is 0.261 e. The molecule has 1 amide bonds. The van der Waals surface area contributed by atoms with Gasteiger partial charge in [-0.15, -0.1) is 34.5 Å². The van der Waals surface area contributed by atoms with E-state index in [4.69, 9.17) is 23.2 Å². The normalized spacial score (nSPS) is 11.6. The molecule has 0 saturated carbocycles. The van der Waals surface area contributed by atoms with Crippen molar-refractivity contribution < 1.29 is 4.79 Å². The highest BCUT2D eigenvalue weighted by Gasteiger charge is 2.25. The Morgan fingerprint density at radius 3 is 2.50 bits per heavy atom. The van der Waals surface area contributed by atoms with Crippen LogP contribution in [-0.2, 0) is 0 Å². The van der Waals surface area contributed by atoms with Gasteiger partial charge < -0.3 is 5.32 Å². The van der Waals surface area contributed by atoms with Crippen LogP contribution in [-0.4, -0.2) is 23.2 Å². The second-order valence-electron chi connectivity index (χ2n) is 3.85. The van der Waals surface area contributed by atoms with Crippen molar-refractivity contribution >= 4 is 56.4 Å². The van der Waals surface area contributed by atoms with Gasteiger partial charge in [0.15, 0.2) is 0 Å². The molecule has 0 saturated heterocycles. The minimum Gasteiger partial charge on any atom is -0.344 e.